The topological polar surface area (TPSA) is 119 Å². The minimum Gasteiger partial charge on any atom is -0.490 e. The Morgan fingerprint density at radius 3 is 2.65 bits per heavy atom. The van der Waals surface area contributed by atoms with E-state index in [9.17, 15) is 9.59 Å². The van der Waals surface area contributed by atoms with Crippen molar-refractivity contribution in [1.82, 2.24) is 9.88 Å². The summed E-state index contributed by atoms with van der Waals surface area (Å²) in [5.41, 5.74) is 9.33. The molecule has 9 heteroatoms. The third-order valence-electron chi connectivity index (χ3n) is 7.44. The Hall–Kier alpha value is -4.79. The van der Waals surface area contributed by atoms with Gasteiger partial charge in [-0.1, -0.05) is 18.2 Å². The fourth-order valence-electron chi connectivity index (χ4n) is 5.64. The number of rotatable bonds is 10. The van der Waals surface area contributed by atoms with Crippen LogP contribution in [0.5, 0.6) is 11.5 Å². The maximum Gasteiger partial charge on any atom is 0.250 e. The van der Waals surface area contributed by atoms with Gasteiger partial charge in [-0.25, -0.2) is 4.98 Å². The minimum absolute atomic E-state index is 0.0289. The number of nitrogens with two attached hydrogens (primary N) is 1. The van der Waals surface area contributed by atoms with Crippen molar-refractivity contribution in [2.75, 3.05) is 29.5 Å². The van der Waals surface area contributed by atoms with Crippen LogP contribution >= 0.6 is 0 Å². The highest BCUT2D eigenvalue weighted by atomic mass is 16.5. The molecule has 4 N–H and O–H groups in total. The number of likely N-dealkylation sites (tertiary alicyclic amines) is 1. The van der Waals surface area contributed by atoms with Gasteiger partial charge < -0.3 is 30.7 Å². The van der Waals surface area contributed by atoms with Crippen LogP contribution in [-0.2, 0) is 9.59 Å². The van der Waals surface area contributed by atoms with Crippen molar-refractivity contribution in [2.24, 2.45) is 0 Å². The van der Waals surface area contributed by atoms with E-state index in [1.54, 1.807) is 6.20 Å². The molecule has 2 heterocycles. The molecule has 0 spiro atoms. The van der Waals surface area contributed by atoms with E-state index in [0.717, 1.165) is 40.4 Å². The lowest BCUT2D eigenvalue weighted by Gasteiger charge is -2.31. The lowest BCUT2D eigenvalue weighted by Crippen LogP contribution is -2.37. The molecule has 0 radical (unpaired) electrons. The molecule has 9 nitrogen and oxygen atoms in total. The largest absolute Gasteiger partial charge is 0.490 e. The Balaban J connectivity index is 1.53. The lowest BCUT2D eigenvalue weighted by atomic mass is 10.0. The first-order chi connectivity index (χ1) is 20.7. The number of hydrogen-bond donors (Lipinski definition) is 3. The number of pyridine rings is 1. The first-order valence-corrected chi connectivity index (χ1v) is 14.8. The van der Waals surface area contributed by atoms with E-state index in [2.05, 4.69) is 15.6 Å². The molecule has 0 aliphatic carbocycles. The van der Waals surface area contributed by atoms with E-state index in [1.165, 1.54) is 6.92 Å². The van der Waals surface area contributed by atoms with Crippen LogP contribution < -0.4 is 25.8 Å². The first kappa shape index (κ1) is 29.7. The summed E-state index contributed by atoms with van der Waals surface area (Å²) < 4.78 is 12.0. The number of anilines is 3. The summed E-state index contributed by atoms with van der Waals surface area (Å²) in [5, 5.41) is 8.15. The quantitative estimate of drug-likeness (QED) is 0.196. The highest BCUT2D eigenvalue weighted by Crippen LogP contribution is 2.38. The summed E-state index contributed by atoms with van der Waals surface area (Å²) in [6.45, 7) is 8.43. The number of aromatic nitrogens is 1. The zero-order valence-electron chi connectivity index (χ0n) is 25.1. The number of fused-ring (bicyclic) bond motifs is 1. The molecule has 4 aromatic rings. The van der Waals surface area contributed by atoms with Gasteiger partial charge in [0.05, 0.1) is 18.8 Å². The summed E-state index contributed by atoms with van der Waals surface area (Å²) in [7, 11) is 0. The molecule has 0 unspecified atom stereocenters. The number of benzene rings is 3. The van der Waals surface area contributed by atoms with E-state index in [0.29, 0.717) is 36.2 Å². The Bertz CT molecular complexity index is 1620. The predicted octanol–water partition coefficient (Wildman–Crippen LogP) is 6.48. The van der Waals surface area contributed by atoms with Crippen molar-refractivity contribution in [3.63, 3.8) is 0 Å². The van der Waals surface area contributed by atoms with E-state index >= 15 is 0 Å². The number of carbonyl (C=O) groups is 2. The maximum atomic E-state index is 14.5. The van der Waals surface area contributed by atoms with Gasteiger partial charge in [0, 0.05) is 36.4 Å². The molecule has 43 heavy (non-hydrogen) atoms. The van der Waals surface area contributed by atoms with Gasteiger partial charge >= 0.3 is 0 Å². The number of ether oxygens (including phenoxy) is 2. The molecule has 2 amide bonds. The summed E-state index contributed by atoms with van der Waals surface area (Å²) in [4.78, 5) is 32.3. The normalized spacial score (nSPS) is 15.4. The van der Waals surface area contributed by atoms with E-state index in [-0.39, 0.29) is 24.0 Å². The number of nitrogens with one attached hydrogen (secondary N) is 2. The van der Waals surface area contributed by atoms with Crippen LogP contribution in [0.3, 0.4) is 0 Å². The number of carbonyl (C=O) groups excluding carboxylic acids is 2. The van der Waals surface area contributed by atoms with Gasteiger partial charge in [-0.2, -0.15) is 0 Å². The maximum absolute atomic E-state index is 14.5. The fraction of sp³-hybridized carbons (Fsp3) is 0.324. The van der Waals surface area contributed by atoms with Gasteiger partial charge in [-0.15, -0.1) is 0 Å². The third-order valence-corrected chi connectivity index (χ3v) is 7.44. The smallest absolute Gasteiger partial charge is 0.250 e. The Labute approximate surface area is 252 Å². The molecule has 1 saturated heterocycles. The van der Waals surface area contributed by atoms with E-state index < -0.39 is 6.04 Å². The second-order valence-electron chi connectivity index (χ2n) is 11.0. The molecule has 3 aromatic carbocycles. The van der Waals surface area contributed by atoms with Gasteiger partial charge in [-0.3, -0.25) is 9.59 Å². The molecule has 0 bridgehead atoms. The highest BCUT2D eigenvalue weighted by Gasteiger charge is 2.35. The molecule has 2 atom stereocenters. The van der Waals surface area contributed by atoms with Crippen LogP contribution in [0.25, 0.3) is 10.8 Å². The zero-order chi connectivity index (χ0) is 30.5. The predicted molar refractivity (Wildman–Crippen MR) is 170 cm³/mol. The standard InChI is InChI=1S/C34H39N5O4/c1-5-42-31-20-25(11-14-30(31)43-21(2)3)32(38-27-12-13-28-23(18-27)15-16-36-33(28)35)34(41)39-17-7-10-29(39)24-8-6-9-26(19-24)37-22(4)40/h6,8-9,11-16,18-21,29,32,38H,5,7,10,17H2,1-4H3,(H2,35,36)(H,37,40)/t29-,32+/m0/s1. The second-order valence-corrected chi connectivity index (χ2v) is 11.0. The van der Waals surface area contributed by atoms with E-state index in [1.807, 2.05) is 92.4 Å². The highest BCUT2D eigenvalue weighted by molar-refractivity contribution is 5.94. The summed E-state index contributed by atoms with van der Waals surface area (Å²) in [6.07, 6.45) is 3.35. The summed E-state index contributed by atoms with van der Waals surface area (Å²) in [6, 6.07) is 20.3. The number of nitrogens with zero attached hydrogens (tertiary/aromatic N) is 2. The molecular formula is C34H39N5O4. The molecule has 5 rings (SSSR count). The molecule has 0 saturated carbocycles. The average molecular weight is 582 g/mol. The SMILES string of the molecule is CCOc1cc([C@@H](Nc2ccc3c(N)nccc3c2)C(=O)N2CCC[C@H]2c2cccc(NC(C)=O)c2)ccc1OC(C)C. The van der Waals surface area contributed by atoms with Gasteiger partial charge in [0.2, 0.25) is 11.8 Å². The van der Waals surface area contributed by atoms with Crippen molar-refractivity contribution in [3.8, 4) is 11.5 Å². The van der Waals surface area contributed by atoms with Gasteiger partial charge in [0.1, 0.15) is 11.9 Å². The fourth-order valence-corrected chi connectivity index (χ4v) is 5.64. The Morgan fingerprint density at radius 2 is 1.88 bits per heavy atom. The molecule has 224 valence electrons. The summed E-state index contributed by atoms with van der Waals surface area (Å²) >= 11 is 0. The van der Waals surface area contributed by atoms with Crippen molar-refractivity contribution in [2.45, 2.75) is 58.7 Å². The van der Waals surface area contributed by atoms with Gasteiger partial charge in [-0.05, 0) is 98.7 Å². The Morgan fingerprint density at radius 1 is 1.05 bits per heavy atom. The van der Waals surface area contributed by atoms with Crippen molar-refractivity contribution < 1.29 is 19.1 Å². The van der Waals surface area contributed by atoms with Crippen LogP contribution in [0, 0.1) is 0 Å². The zero-order valence-corrected chi connectivity index (χ0v) is 25.1. The molecule has 1 aliphatic rings. The number of hydrogen-bond acceptors (Lipinski definition) is 7. The van der Waals surface area contributed by atoms with Crippen molar-refractivity contribution >= 4 is 39.8 Å². The first-order valence-electron chi connectivity index (χ1n) is 14.8. The molecular weight excluding hydrogens is 542 g/mol. The minimum atomic E-state index is -0.705. The van der Waals surface area contributed by atoms with Crippen LogP contribution in [-0.4, -0.2) is 41.0 Å². The van der Waals surface area contributed by atoms with Crippen LogP contribution in [0.2, 0.25) is 0 Å². The number of amides is 2. The average Bonchev–Trinajstić information content (AvgIpc) is 3.47. The van der Waals surface area contributed by atoms with Crippen LogP contribution in [0.4, 0.5) is 17.2 Å². The molecule has 1 fully saturated rings. The number of nitrogen functional groups attached to an aromatic ring is 1. The molecule has 1 aliphatic heterocycles. The second kappa shape index (κ2) is 13.0. The Kier molecular flexibility index (Phi) is 8.99. The van der Waals surface area contributed by atoms with E-state index in [4.69, 9.17) is 15.2 Å². The van der Waals surface area contributed by atoms with Gasteiger partial charge in [0.25, 0.3) is 0 Å². The lowest BCUT2D eigenvalue weighted by molar-refractivity contribution is -0.133. The van der Waals surface area contributed by atoms with Crippen LogP contribution in [0.1, 0.15) is 63.7 Å². The monoisotopic (exact) mass is 581 g/mol. The molecule has 1 aromatic heterocycles. The van der Waals surface area contributed by atoms with Crippen LogP contribution in [0.15, 0.2) is 72.9 Å². The van der Waals surface area contributed by atoms with Crippen molar-refractivity contribution in [1.29, 1.82) is 0 Å². The third kappa shape index (κ3) is 6.83. The summed E-state index contributed by atoms with van der Waals surface area (Å²) in [5.74, 6) is 1.49. The van der Waals surface area contributed by atoms with Gasteiger partial charge in [0.15, 0.2) is 11.5 Å². The van der Waals surface area contributed by atoms with Crippen molar-refractivity contribution in [3.05, 3.63) is 84.1 Å².